The van der Waals surface area contributed by atoms with E-state index in [4.69, 9.17) is 9.47 Å². The molecule has 1 aliphatic heterocycles. The lowest BCUT2D eigenvalue weighted by Gasteiger charge is -2.29. The number of hydrogen-bond acceptors (Lipinski definition) is 7. The summed E-state index contributed by atoms with van der Waals surface area (Å²) in [5.74, 6) is 0.657. The number of nitro groups is 1. The number of amides is 2. The first-order valence-electron chi connectivity index (χ1n) is 11.4. The molecule has 2 aromatic rings. The third-order valence-corrected chi connectivity index (χ3v) is 6.17. The fourth-order valence-corrected chi connectivity index (χ4v) is 4.30. The lowest BCUT2D eigenvalue weighted by atomic mass is 9.86. The zero-order chi connectivity index (χ0) is 24.1. The summed E-state index contributed by atoms with van der Waals surface area (Å²) in [4.78, 5) is 36.3. The first kappa shape index (κ1) is 23.5. The van der Waals surface area contributed by atoms with Crippen LogP contribution in [0.15, 0.2) is 36.4 Å². The fraction of sp³-hybridized carbons (Fsp3) is 0.417. The van der Waals surface area contributed by atoms with Crippen LogP contribution < -0.4 is 25.4 Å². The minimum Gasteiger partial charge on any atom is -0.486 e. The van der Waals surface area contributed by atoms with Crippen molar-refractivity contribution in [1.82, 2.24) is 5.32 Å². The molecule has 10 nitrogen and oxygen atoms in total. The Bertz CT molecular complexity index is 1090. The quantitative estimate of drug-likeness (QED) is 0.417. The molecule has 3 N–H and O–H groups in total. The highest BCUT2D eigenvalue weighted by atomic mass is 16.6. The number of nitro benzene ring substituents is 1. The molecule has 1 fully saturated rings. The van der Waals surface area contributed by atoms with Crippen LogP contribution in [0.1, 0.15) is 43.0 Å². The predicted molar refractivity (Wildman–Crippen MR) is 127 cm³/mol. The first-order chi connectivity index (χ1) is 16.4. The van der Waals surface area contributed by atoms with Gasteiger partial charge in [0.1, 0.15) is 13.2 Å². The van der Waals surface area contributed by atoms with Crippen LogP contribution in [0.25, 0.3) is 0 Å². The normalized spacial score (nSPS) is 19.2. The number of rotatable bonds is 7. The smallest absolute Gasteiger partial charge is 0.270 e. The molecule has 2 amide bonds. The average molecular weight is 469 g/mol. The minimum atomic E-state index is -0.593. The Balaban J connectivity index is 1.48. The molecule has 0 aromatic heterocycles. The highest BCUT2D eigenvalue weighted by Crippen LogP contribution is 2.33. The van der Waals surface area contributed by atoms with Gasteiger partial charge in [-0.3, -0.25) is 19.7 Å². The summed E-state index contributed by atoms with van der Waals surface area (Å²) in [5, 5.41) is 20.0. The van der Waals surface area contributed by atoms with E-state index in [1.807, 2.05) is 0 Å². The van der Waals surface area contributed by atoms with Crippen LogP contribution in [-0.4, -0.2) is 42.5 Å². The van der Waals surface area contributed by atoms with Crippen LogP contribution in [0.2, 0.25) is 0 Å². The Labute approximate surface area is 197 Å². The molecule has 34 heavy (non-hydrogen) atoms. The number of carbonyl (C=O) groups excluding carboxylic acids is 2. The monoisotopic (exact) mass is 468 g/mol. The summed E-state index contributed by atoms with van der Waals surface area (Å²) in [6.07, 6.45) is 4.49. The van der Waals surface area contributed by atoms with E-state index >= 15 is 0 Å². The maximum Gasteiger partial charge on any atom is 0.270 e. The average Bonchev–Trinajstić information content (AvgIpc) is 2.83. The molecule has 1 aliphatic carbocycles. The van der Waals surface area contributed by atoms with Gasteiger partial charge in [-0.1, -0.05) is 19.8 Å². The molecule has 0 spiro atoms. The van der Waals surface area contributed by atoms with Crippen LogP contribution in [0, 0.1) is 16.0 Å². The topological polar surface area (TPSA) is 132 Å². The van der Waals surface area contributed by atoms with Gasteiger partial charge in [0.2, 0.25) is 5.91 Å². The lowest BCUT2D eigenvalue weighted by molar-refractivity contribution is -0.384. The van der Waals surface area contributed by atoms with E-state index in [1.165, 1.54) is 18.6 Å². The third kappa shape index (κ3) is 5.63. The van der Waals surface area contributed by atoms with Crippen molar-refractivity contribution in [1.29, 1.82) is 0 Å². The number of fused-ring (bicyclic) bond motifs is 1. The summed E-state index contributed by atoms with van der Waals surface area (Å²) in [6.45, 7) is 3.11. The van der Waals surface area contributed by atoms with Crippen molar-refractivity contribution >= 4 is 28.9 Å². The summed E-state index contributed by atoms with van der Waals surface area (Å²) in [6, 6.07) is 9.01. The van der Waals surface area contributed by atoms with E-state index in [0.29, 0.717) is 36.3 Å². The molecular weight excluding hydrogens is 440 g/mol. The van der Waals surface area contributed by atoms with Gasteiger partial charge in [0.25, 0.3) is 11.6 Å². The zero-order valence-corrected chi connectivity index (χ0v) is 19.0. The molecular formula is C24H28N4O6. The van der Waals surface area contributed by atoms with Gasteiger partial charge in [0.15, 0.2) is 11.5 Å². The fourth-order valence-electron chi connectivity index (χ4n) is 4.30. The molecule has 2 aromatic carbocycles. The van der Waals surface area contributed by atoms with E-state index in [9.17, 15) is 19.7 Å². The highest BCUT2D eigenvalue weighted by molar-refractivity contribution is 6.10. The third-order valence-electron chi connectivity index (χ3n) is 6.17. The number of non-ortho nitro benzene ring substituents is 1. The van der Waals surface area contributed by atoms with Crippen molar-refractivity contribution in [2.45, 2.75) is 38.6 Å². The zero-order valence-electron chi connectivity index (χ0n) is 19.0. The van der Waals surface area contributed by atoms with Crippen LogP contribution in [0.4, 0.5) is 17.1 Å². The Morgan fingerprint density at radius 2 is 1.79 bits per heavy atom. The standard InChI is InChI=1S/C24H28N4O6/c1-15-4-2-3-5-19(15)25-14-23(29)27-20-8-7-17(28(31)32)13-18(20)24(30)26-16-6-9-21-22(12-16)34-11-10-33-21/h6-9,12-13,15,19,25H,2-5,10-11,14H2,1H3,(H,26,30)(H,27,29). The van der Waals surface area contributed by atoms with Gasteiger partial charge < -0.3 is 25.4 Å². The van der Waals surface area contributed by atoms with Crippen molar-refractivity contribution in [3.8, 4) is 11.5 Å². The van der Waals surface area contributed by atoms with Crippen molar-refractivity contribution in [2.24, 2.45) is 5.92 Å². The molecule has 2 aliphatic rings. The van der Waals surface area contributed by atoms with E-state index in [0.717, 1.165) is 25.3 Å². The molecule has 4 rings (SSSR count). The molecule has 1 heterocycles. The van der Waals surface area contributed by atoms with Gasteiger partial charge in [-0.2, -0.15) is 0 Å². The van der Waals surface area contributed by atoms with E-state index in [2.05, 4.69) is 22.9 Å². The van der Waals surface area contributed by atoms with Crippen molar-refractivity contribution < 1.29 is 24.0 Å². The van der Waals surface area contributed by atoms with Gasteiger partial charge >= 0.3 is 0 Å². The number of ether oxygens (including phenoxy) is 2. The lowest BCUT2D eigenvalue weighted by Crippen LogP contribution is -2.41. The Kier molecular flexibility index (Phi) is 7.27. The second-order valence-electron chi connectivity index (χ2n) is 8.60. The maximum absolute atomic E-state index is 13.0. The van der Waals surface area contributed by atoms with Gasteiger partial charge in [-0.15, -0.1) is 0 Å². The summed E-state index contributed by atoms with van der Waals surface area (Å²) in [7, 11) is 0. The van der Waals surface area contributed by atoms with Crippen molar-refractivity contribution in [2.75, 3.05) is 30.4 Å². The maximum atomic E-state index is 13.0. The number of benzene rings is 2. The number of hydrogen-bond donors (Lipinski definition) is 3. The van der Waals surface area contributed by atoms with Gasteiger partial charge in [0.05, 0.1) is 22.7 Å². The van der Waals surface area contributed by atoms with Crippen LogP contribution in [0.5, 0.6) is 11.5 Å². The van der Waals surface area contributed by atoms with Crippen LogP contribution >= 0.6 is 0 Å². The molecule has 0 radical (unpaired) electrons. The SMILES string of the molecule is CC1CCCCC1NCC(=O)Nc1ccc([N+](=O)[O-])cc1C(=O)Nc1ccc2c(c1)OCCO2. The first-order valence-corrected chi connectivity index (χ1v) is 11.4. The largest absolute Gasteiger partial charge is 0.486 e. The molecule has 1 saturated carbocycles. The van der Waals surface area contributed by atoms with E-state index < -0.39 is 10.8 Å². The van der Waals surface area contributed by atoms with Crippen LogP contribution in [-0.2, 0) is 4.79 Å². The Morgan fingerprint density at radius 3 is 2.56 bits per heavy atom. The molecule has 0 bridgehead atoms. The molecule has 2 atom stereocenters. The second kappa shape index (κ2) is 10.5. The summed E-state index contributed by atoms with van der Waals surface area (Å²) >= 11 is 0. The van der Waals surface area contributed by atoms with E-state index in [-0.39, 0.29) is 35.4 Å². The van der Waals surface area contributed by atoms with Crippen molar-refractivity contribution in [3.63, 3.8) is 0 Å². The van der Waals surface area contributed by atoms with Gasteiger partial charge in [-0.05, 0) is 37.0 Å². The summed E-state index contributed by atoms with van der Waals surface area (Å²) < 4.78 is 11.0. The number of carbonyl (C=O) groups is 2. The predicted octanol–water partition coefficient (Wildman–Crippen LogP) is 3.73. The Hall–Kier alpha value is -3.66. The second-order valence-corrected chi connectivity index (χ2v) is 8.60. The number of anilines is 2. The van der Waals surface area contributed by atoms with Crippen molar-refractivity contribution in [3.05, 3.63) is 52.1 Å². The van der Waals surface area contributed by atoms with Gasteiger partial charge in [-0.25, -0.2) is 0 Å². The molecule has 0 saturated heterocycles. The molecule has 180 valence electrons. The molecule has 10 heteroatoms. The Morgan fingerprint density at radius 1 is 1.03 bits per heavy atom. The summed E-state index contributed by atoms with van der Waals surface area (Å²) in [5.41, 5.74) is 0.373. The van der Waals surface area contributed by atoms with E-state index in [1.54, 1.807) is 18.2 Å². The minimum absolute atomic E-state index is 0.0107. The van der Waals surface area contributed by atoms with Crippen LogP contribution in [0.3, 0.4) is 0 Å². The highest BCUT2D eigenvalue weighted by Gasteiger charge is 2.23. The molecule has 2 unspecified atom stereocenters. The number of nitrogens with one attached hydrogen (secondary N) is 3. The van der Waals surface area contributed by atoms with Gasteiger partial charge in [0, 0.05) is 29.9 Å². The number of nitrogens with zero attached hydrogens (tertiary/aromatic N) is 1.